The molecule has 4 rings (SSSR count). The summed E-state index contributed by atoms with van der Waals surface area (Å²) in [5.41, 5.74) is 3.52. The van der Waals surface area contributed by atoms with Crippen molar-refractivity contribution in [3.63, 3.8) is 0 Å². The van der Waals surface area contributed by atoms with Gasteiger partial charge in [0.2, 0.25) is 5.91 Å². The monoisotopic (exact) mass is 531 g/mol. The van der Waals surface area contributed by atoms with Gasteiger partial charge in [-0.1, -0.05) is 18.7 Å². The third-order valence-corrected chi connectivity index (χ3v) is 6.51. The summed E-state index contributed by atoms with van der Waals surface area (Å²) < 4.78 is 24.5. The Morgan fingerprint density at radius 1 is 1.21 bits per heavy atom. The maximum absolute atomic E-state index is 12.5. The van der Waals surface area contributed by atoms with Gasteiger partial charge in [-0.05, 0) is 56.7 Å². The number of anilines is 1. The second kappa shape index (κ2) is 10.7. The standard InChI is InChI=1S/C27H26N5O5P/c1-5-25(33)31-22-10-20(13-29-15-22)21-11-23-24(19-8-6-7-18(9-19)12-28)16-32(26(23)30-14-21)17-36-38(34,35)37-27(2,3)4/h5-11,13-16H,1,17H2,2-4H3,(H,31,33)(H,34,35). The minimum Gasteiger partial charge on any atom is -0.321 e. The maximum Gasteiger partial charge on any atom is 0.474 e. The summed E-state index contributed by atoms with van der Waals surface area (Å²) in [6.45, 7) is 8.12. The molecule has 2 N–H and O–H groups in total. The number of benzene rings is 1. The van der Waals surface area contributed by atoms with Crippen LogP contribution in [-0.2, 0) is 25.1 Å². The molecule has 11 heteroatoms. The number of fused-ring (bicyclic) bond motifs is 1. The first-order valence-corrected chi connectivity index (χ1v) is 13.0. The predicted octanol–water partition coefficient (Wildman–Crippen LogP) is 5.65. The number of nitrogens with zero attached hydrogens (tertiary/aromatic N) is 4. The normalized spacial score (nSPS) is 13.0. The average Bonchev–Trinajstić information content (AvgIpc) is 3.24. The number of amides is 1. The summed E-state index contributed by atoms with van der Waals surface area (Å²) in [4.78, 5) is 30.7. The van der Waals surface area contributed by atoms with Crippen LogP contribution in [0.5, 0.6) is 0 Å². The van der Waals surface area contributed by atoms with Crippen molar-refractivity contribution >= 4 is 30.5 Å². The Balaban J connectivity index is 1.79. The van der Waals surface area contributed by atoms with Crippen LogP contribution in [0.15, 0.2) is 73.8 Å². The first-order valence-electron chi connectivity index (χ1n) is 11.5. The molecule has 38 heavy (non-hydrogen) atoms. The molecule has 0 saturated carbocycles. The Hall–Kier alpha value is -4.13. The highest BCUT2D eigenvalue weighted by Gasteiger charge is 2.29. The molecule has 4 aromatic rings. The van der Waals surface area contributed by atoms with Crippen LogP contribution in [0.1, 0.15) is 26.3 Å². The van der Waals surface area contributed by atoms with E-state index in [1.54, 1.807) is 68.2 Å². The van der Waals surface area contributed by atoms with Crippen molar-refractivity contribution in [3.05, 3.63) is 79.4 Å². The summed E-state index contributed by atoms with van der Waals surface area (Å²) in [5.74, 6) is -0.356. The van der Waals surface area contributed by atoms with Gasteiger partial charge in [-0.25, -0.2) is 9.55 Å². The van der Waals surface area contributed by atoms with Crippen molar-refractivity contribution in [2.45, 2.75) is 33.1 Å². The van der Waals surface area contributed by atoms with E-state index in [0.717, 1.165) is 16.7 Å². The molecule has 1 unspecified atom stereocenters. The van der Waals surface area contributed by atoms with Crippen molar-refractivity contribution in [2.75, 3.05) is 5.32 Å². The van der Waals surface area contributed by atoms with Crippen LogP contribution in [0.3, 0.4) is 0 Å². The van der Waals surface area contributed by atoms with E-state index in [0.29, 0.717) is 27.8 Å². The molecule has 1 aromatic carbocycles. The van der Waals surface area contributed by atoms with Crippen molar-refractivity contribution < 1.29 is 23.3 Å². The molecule has 10 nitrogen and oxygen atoms in total. The van der Waals surface area contributed by atoms with Gasteiger partial charge in [0.15, 0.2) is 0 Å². The molecule has 0 aliphatic heterocycles. The van der Waals surface area contributed by atoms with Crippen LogP contribution in [0.2, 0.25) is 0 Å². The van der Waals surface area contributed by atoms with E-state index in [-0.39, 0.29) is 12.6 Å². The van der Waals surface area contributed by atoms with Crippen LogP contribution >= 0.6 is 7.82 Å². The van der Waals surface area contributed by atoms with Gasteiger partial charge in [-0.15, -0.1) is 0 Å². The van der Waals surface area contributed by atoms with Gasteiger partial charge >= 0.3 is 7.82 Å². The van der Waals surface area contributed by atoms with Crippen molar-refractivity contribution in [1.82, 2.24) is 14.5 Å². The fourth-order valence-corrected chi connectivity index (χ4v) is 4.80. The largest absolute Gasteiger partial charge is 0.474 e. The minimum atomic E-state index is -4.35. The Morgan fingerprint density at radius 2 is 1.97 bits per heavy atom. The Bertz CT molecular complexity index is 1620. The van der Waals surface area contributed by atoms with Crippen LogP contribution < -0.4 is 5.32 Å². The third kappa shape index (κ3) is 6.40. The van der Waals surface area contributed by atoms with Gasteiger partial charge < -0.3 is 14.8 Å². The maximum atomic E-state index is 12.5. The van der Waals surface area contributed by atoms with Crippen LogP contribution in [-0.4, -0.2) is 30.9 Å². The van der Waals surface area contributed by atoms with E-state index in [9.17, 15) is 19.5 Å². The molecule has 0 spiro atoms. The van der Waals surface area contributed by atoms with Crippen molar-refractivity contribution in [1.29, 1.82) is 5.26 Å². The molecular formula is C27H26N5O5P. The highest BCUT2D eigenvalue weighted by Crippen LogP contribution is 2.47. The molecule has 0 bridgehead atoms. The Kier molecular flexibility index (Phi) is 7.58. The van der Waals surface area contributed by atoms with Gasteiger partial charge in [0.1, 0.15) is 12.4 Å². The third-order valence-electron chi connectivity index (χ3n) is 5.29. The second-order valence-corrected chi connectivity index (χ2v) is 10.8. The zero-order chi connectivity index (χ0) is 27.5. The molecule has 3 heterocycles. The predicted molar refractivity (Wildman–Crippen MR) is 144 cm³/mol. The molecular weight excluding hydrogens is 505 g/mol. The summed E-state index contributed by atoms with van der Waals surface area (Å²) in [7, 11) is -4.35. The fraction of sp³-hybridized carbons (Fsp3) is 0.185. The zero-order valence-electron chi connectivity index (χ0n) is 21.1. The highest BCUT2D eigenvalue weighted by molar-refractivity contribution is 7.47. The molecule has 0 radical (unpaired) electrons. The number of rotatable bonds is 8. The van der Waals surface area contributed by atoms with E-state index < -0.39 is 13.4 Å². The quantitative estimate of drug-likeness (QED) is 0.220. The second-order valence-electron chi connectivity index (χ2n) is 9.39. The summed E-state index contributed by atoms with van der Waals surface area (Å²) in [5, 5.41) is 12.8. The van der Waals surface area contributed by atoms with Gasteiger partial charge in [0.05, 0.1) is 29.1 Å². The number of aromatic nitrogens is 3. The van der Waals surface area contributed by atoms with E-state index in [2.05, 4.69) is 27.9 Å². The van der Waals surface area contributed by atoms with Gasteiger partial charge in [-0.2, -0.15) is 5.26 Å². The smallest absolute Gasteiger partial charge is 0.321 e. The number of hydrogen-bond donors (Lipinski definition) is 2. The van der Waals surface area contributed by atoms with Crippen LogP contribution in [0.25, 0.3) is 33.3 Å². The van der Waals surface area contributed by atoms with Crippen LogP contribution in [0.4, 0.5) is 5.69 Å². The molecule has 0 aliphatic carbocycles. The average molecular weight is 532 g/mol. The summed E-state index contributed by atoms with van der Waals surface area (Å²) >= 11 is 0. The number of pyridine rings is 2. The van der Waals surface area contributed by atoms with Crippen LogP contribution in [0, 0.1) is 11.3 Å². The number of phosphoric acid groups is 1. The lowest BCUT2D eigenvalue weighted by molar-refractivity contribution is -0.111. The van der Waals surface area contributed by atoms with Gasteiger partial charge in [0, 0.05) is 40.7 Å². The number of carbonyl (C=O) groups excluding carboxylic acids is 1. The zero-order valence-corrected chi connectivity index (χ0v) is 22.0. The van der Waals surface area contributed by atoms with E-state index in [4.69, 9.17) is 9.05 Å². The summed E-state index contributed by atoms with van der Waals surface area (Å²) in [6.07, 6.45) is 7.72. The topological polar surface area (TPSA) is 139 Å². The fourth-order valence-electron chi connectivity index (χ4n) is 3.78. The minimum absolute atomic E-state index is 0.296. The number of hydrogen-bond acceptors (Lipinski definition) is 7. The number of nitriles is 1. The molecule has 0 saturated heterocycles. The molecule has 0 fully saturated rings. The van der Waals surface area contributed by atoms with Gasteiger partial charge in [-0.3, -0.25) is 18.8 Å². The lowest BCUT2D eigenvalue weighted by Gasteiger charge is -2.22. The Morgan fingerprint density at radius 3 is 2.68 bits per heavy atom. The summed E-state index contributed by atoms with van der Waals surface area (Å²) in [6, 6.07) is 12.9. The van der Waals surface area contributed by atoms with E-state index in [1.165, 1.54) is 12.3 Å². The molecule has 1 amide bonds. The van der Waals surface area contributed by atoms with E-state index >= 15 is 0 Å². The van der Waals surface area contributed by atoms with Crippen molar-refractivity contribution in [3.8, 4) is 28.3 Å². The SMILES string of the molecule is C=CC(=O)Nc1cncc(-c2cnc3c(c2)c(-c2cccc(C#N)c2)cn3COP(=O)(O)OC(C)(C)C)c1. The Labute approximate surface area is 219 Å². The molecule has 3 aromatic heterocycles. The molecule has 194 valence electrons. The first-order chi connectivity index (χ1) is 18.0. The number of phosphoric ester groups is 1. The highest BCUT2D eigenvalue weighted by atomic mass is 31.2. The van der Waals surface area contributed by atoms with Crippen molar-refractivity contribution in [2.24, 2.45) is 0 Å². The number of carbonyl (C=O) groups is 1. The molecule has 1 atom stereocenters. The number of nitrogens with one attached hydrogen (secondary N) is 1. The molecule has 0 aliphatic rings. The van der Waals surface area contributed by atoms with E-state index in [1.807, 2.05) is 12.1 Å². The lowest BCUT2D eigenvalue weighted by atomic mass is 10.0. The van der Waals surface area contributed by atoms with Gasteiger partial charge in [0.25, 0.3) is 0 Å². The first kappa shape index (κ1) is 26.9. The lowest BCUT2D eigenvalue weighted by Crippen LogP contribution is -2.18.